The summed E-state index contributed by atoms with van der Waals surface area (Å²) in [5.41, 5.74) is 2.69. The van der Waals surface area contributed by atoms with Gasteiger partial charge in [-0.05, 0) is 30.9 Å². The Labute approximate surface area is 130 Å². The number of aromatic nitrogens is 2. The van der Waals surface area contributed by atoms with E-state index in [0.29, 0.717) is 11.5 Å². The van der Waals surface area contributed by atoms with Crippen molar-refractivity contribution >= 4 is 17.4 Å². The summed E-state index contributed by atoms with van der Waals surface area (Å²) in [4.78, 5) is 22.6. The summed E-state index contributed by atoms with van der Waals surface area (Å²) in [5, 5.41) is 3.29. The van der Waals surface area contributed by atoms with E-state index in [9.17, 15) is 4.79 Å². The number of para-hydroxylation sites is 1. The second-order valence-electron chi connectivity index (χ2n) is 5.42. The molecule has 1 amide bonds. The SMILES string of the molecule is CCc1ccccc1Nc1cc(C(=O)N2CCCC2)ncn1. The molecule has 1 aliphatic heterocycles. The van der Waals surface area contributed by atoms with Gasteiger partial charge in [0.15, 0.2) is 0 Å². The van der Waals surface area contributed by atoms with Crippen LogP contribution in [0.3, 0.4) is 0 Å². The third kappa shape index (κ3) is 3.08. The highest BCUT2D eigenvalue weighted by Gasteiger charge is 2.20. The van der Waals surface area contributed by atoms with Gasteiger partial charge in [-0.1, -0.05) is 25.1 Å². The topological polar surface area (TPSA) is 58.1 Å². The van der Waals surface area contributed by atoms with Gasteiger partial charge in [0, 0.05) is 24.8 Å². The van der Waals surface area contributed by atoms with Crippen molar-refractivity contribution in [3.63, 3.8) is 0 Å². The van der Waals surface area contributed by atoms with Gasteiger partial charge in [0.25, 0.3) is 5.91 Å². The van der Waals surface area contributed by atoms with Gasteiger partial charge in [0.05, 0.1) is 0 Å². The monoisotopic (exact) mass is 296 g/mol. The number of aryl methyl sites for hydroxylation is 1. The molecule has 1 aliphatic rings. The Balaban J connectivity index is 1.80. The van der Waals surface area contributed by atoms with Crippen molar-refractivity contribution in [3.05, 3.63) is 47.9 Å². The first-order valence-corrected chi connectivity index (χ1v) is 7.74. The summed E-state index contributed by atoms with van der Waals surface area (Å²) in [6, 6.07) is 9.83. The fraction of sp³-hybridized carbons (Fsp3) is 0.353. The Hall–Kier alpha value is -2.43. The van der Waals surface area contributed by atoms with Gasteiger partial charge in [0.1, 0.15) is 17.8 Å². The van der Waals surface area contributed by atoms with Crippen LogP contribution in [0.25, 0.3) is 0 Å². The molecule has 0 radical (unpaired) electrons. The van der Waals surface area contributed by atoms with Crippen LogP contribution in [-0.2, 0) is 6.42 Å². The minimum absolute atomic E-state index is 0.00766. The third-order valence-electron chi connectivity index (χ3n) is 3.94. The van der Waals surface area contributed by atoms with Crippen LogP contribution in [0.5, 0.6) is 0 Å². The van der Waals surface area contributed by atoms with Crippen molar-refractivity contribution in [1.29, 1.82) is 0 Å². The molecule has 1 saturated heterocycles. The quantitative estimate of drug-likeness (QED) is 0.942. The van der Waals surface area contributed by atoms with Gasteiger partial charge < -0.3 is 10.2 Å². The lowest BCUT2D eigenvalue weighted by Gasteiger charge is -2.15. The number of benzene rings is 1. The van der Waals surface area contributed by atoms with E-state index in [1.165, 1.54) is 11.9 Å². The van der Waals surface area contributed by atoms with Crippen molar-refractivity contribution in [2.24, 2.45) is 0 Å². The Kier molecular flexibility index (Phi) is 4.32. The molecule has 22 heavy (non-hydrogen) atoms. The zero-order valence-electron chi connectivity index (χ0n) is 12.7. The minimum Gasteiger partial charge on any atom is -0.340 e. The van der Waals surface area contributed by atoms with E-state index in [1.54, 1.807) is 6.07 Å². The number of hydrogen-bond donors (Lipinski definition) is 1. The molecule has 3 rings (SSSR count). The number of carbonyl (C=O) groups is 1. The molecule has 0 aliphatic carbocycles. The highest BCUT2D eigenvalue weighted by molar-refractivity contribution is 5.93. The van der Waals surface area contributed by atoms with Crippen LogP contribution in [0.15, 0.2) is 36.7 Å². The molecule has 1 aromatic carbocycles. The number of nitrogens with zero attached hydrogens (tertiary/aromatic N) is 3. The van der Waals surface area contributed by atoms with Gasteiger partial charge in [-0.3, -0.25) is 4.79 Å². The molecular formula is C17H20N4O. The lowest BCUT2D eigenvalue weighted by Crippen LogP contribution is -2.28. The molecule has 2 aromatic rings. The summed E-state index contributed by atoms with van der Waals surface area (Å²) in [6.07, 6.45) is 4.53. The van der Waals surface area contributed by atoms with Gasteiger partial charge >= 0.3 is 0 Å². The smallest absolute Gasteiger partial charge is 0.272 e. The maximum atomic E-state index is 12.4. The third-order valence-corrected chi connectivity index (χ3v) is 3.94. The van der Waals surface area contributed by atoms with E-state index in [0.717, 1.165) is 38.0 Å². The maximum absolute atomic E-state index is 12.4. The first-order chi connectivity index (χ1) is 10.8. The van der Waals surface area contributed by atoms with Gasteiger partial charge in [0.2, 0.25) is 0 Å². The lowest BCUT2D eigenvalue weighted by molar-refractivity contribution is 0.0787. The second-order valence-corrected chi connectivity index (χ2v) is 5.42. The number of anilines is 2. The summed E-state index contributed by atoms with van der Waals surface area (Å²) < 4.78 is 0. The highest BCUT2D eigenvalue weighted by Crippen LogP contribution is 2.20. The van der Waals surface area contributed by atoms with Gasteiger partial charge in [-0.15, -0.1) is 0 Å². The van der Waals surface area contributed by atoms with Crippen LogP contribution >= 0.6 is 0 Å². The number of rotatable bonds is 4. The van der Waals surface area contributed by atoms with E-state index in [2.05, 4.69) is 28.3 Å². The van der Waals surface area contributed by atoms with Crippen molar-refractivity contribution in [2.75, 3.05) is 18.4 Å². The van der Waals surface area contributed by atoms with Crippen molar-refractivity contribution in [1.82, 2.24) is 14.9 Å². The molecule has 0 bridgehead atoms. The molecule has 0 spiro atoms. The van der Waals surface area contributed by atoms with Crippen LogP contribution in [-0.4, -0.2) is 33.9 Å². The van der Waals surface area contributed by atoms with Crippen molar-refractivity contribution < 1.29 is 4.79 Å². The lowest BCUT2D eigenvalue weighted by atomic mass is 10.1. The number of nitrogens with one attached hydrogen (secondary N) is 1. The van der Waals surface area contributed by atoms with Crippen LogP contribution in [0.4, 0.5) is 11.5 Å². The van der Waals surface area contributed by atoms with Gasteiger partial charge in [-0.2, -0.15) is 0 Å². The van der Waals surface area contributed by atoms with E-state index < -0.39 is 0 Å². The fourth-order valence-electron chi connectivity index (χ4n) is 2.71. The Morgan fingerprint density at radius 2 is 2.00 bits per heavy atom. The Morgan fingerprint density at radius 1 is 1.23 bits per heavy atom. The summed E-state index contributed by atoms with van der Waals surface area (Å²) in [7, 11) is 0. The standard InChI is InChI=1S/C17H20N4O/c1-2-13-7-3-4-8-14(13)20-16-11-15(18-12-19-16)17(22)21-9-5-6-10-21/h3-4,7-8,11-12H,2,5-6,9-10H2,1H3,(H,18,19,20). The number of carbonyl (C=O) groups excluding carboxylic acids is 1. The first-order valence-electron chi connectivity index (χ1n) is 7.74. The molecule has 1 N–H and O–H groups in total. The predicted octanol–water partition coefficient (Wildman–Crippen LogP) is 3.02. The molecule has 0 unspecified atom stereocenters. The number of amides is 1. The Bertz CT molecular complexity index is 665. The molecule has 0 saturated carbocycles. The summed E-state index contributed by atoms with van der Waals surface area (Å²) in [5.74, 6) is 0.644. The number of likely N-dealkylation sites (tertiary alicyclic amines) is 1. The van der Waals surface area contributed by atoms with E-state index in [4.69, 9.17) is 0 Å². The number of hydrogen-bond acceptors (Lipinski definition) is 4. The molecule has 5 nitrogen and oxygen atoms in total. The second kappa shape index (κ2) is 6.56. The van der Waals surface area contributed by atoms with Crippen LogP contribution in [0.1, 0.15) is 35.8 Å². The average Bonchev–Trinajstić information content (AvgIpc) is 3.09. The highest BCUT2D eigenvalue weighted by atomic mass is 16.2. The van der Waals surface area contributed by atoms with E-state index >= 15 is 0 Å². The van der Waals surface area contributed by atoms with Crippen LogP contribution in [0.2, 0.25) is 0 Å². The maximum Gasteiger partial charge on any atom is 0.272 e. The predicted molar refractivity (Wildman–Crippen MR) is 86.3 cm³/mol. The zero-order valence-corrected chi connectivity index (χ0v) is 12.7. The van der Waals surface area contributed by atoms with E-state index in [1.807, 2.05) is 23.1 Å². The Morgan fingerprint density at radius 3 is 2.77 bits per heavy atom. The van der Waals surface area contributed by atoms with Crippen molar-refractivity contribution in [3.8, 4) is 0 Å². The minimum atomic E-state index is -0.00766. The first kappa shape index (κ1) is 14.5. The molecule has 1 fully saturated rings. The average molecular weight is 296 g/mol. The molecular weight excluding hydrogens is 276 g/mol. The van der Waals surface area contributed by atoms with E-state index in [-0.39, 0.29) is 5.91 Å². The molecule has 1 aromatic heterocycles. The molecule has 5 heteroatoms. The normalized spacial score (nSPS) is 14.1. The van der Waals surface area contributed by atoms with Gasteiger partial charge in [-0.25, -0.2) is 9.97 Å². The van der Waals surface area contributed by atoms with Crippen molar-refractivity contribution in [2.45, 2.75) is 26.2 Å². The summed E-state index contributed by atoms with van der Waals surface area (Å²) in [6.45, 7) is 3.76. The largest absolute Gasteiger partial charge is 0.340 e. The molecule has 0 atom stereocenters. The van der Waals surface area contributed by atoms with Crippen LogP contribution in [0, 0.1) is 0 Å². The summed E-state index contributed by atoms with van der Waals surface area (Å²) >= 11 is 0. The fourth-order valence-corrected chi connectivity index (χ4v) is 2.71. The molecule has 2 heterocycles. The zero-order chi connectivity index (χ0) is 15.4. The van der Waals surface area contributed by atoms with Crippen LogP contribution < -0.4 is 5.32 Å². The molecule has 114 valence electrons.